The van der Waals surface area contributed by atoms with E-state index in [9.17, 15) is 4.79 Å². The minimum absolute atomic E-state index is 0.320. The lowest BCUT2D eigenvalue weighted by atomic mass is 10.4. The largest absolute Gasteiger partial charge is 0.463 e. The molecule has 0 spiro atoms. The maximum atomic E-state index is 11.1. The zero-order chi connectivity index (χ0) is 9.68. The number of ether oxygens (including phenoxy) is 2. The number of carbonyl (C=O) groups is 1. The van der Waals surface area contributed by atoms with Crippen LogP contribution in [0.2, 0.25) is 0 Å². The number of nitrogens with zero attached hydrogens (tertiary/aromatic N) is 1. The zero-order valence-electron chi connectivity index (χ0n) is 7.61. The van der Waals surface area contributed by atoms with Crippen molar-refractivity contribution in [1.82, 2.24) is 9.97 Å². The van der Waals surface area contributed by atoms with Crippen LogP contribution in [0.4, 0.5) is 0 Å². The van der Waals surface area contributed by atoms with Crippen molar-refractivity contribution >= 4 is 5.97 Å². The summed E-state index contributed by atoms with van der Waals surface area (Å²) in [5, 5.41) is 0. The first kappa shape index (κ1) is 9.57. The highest BCUT2D eigenvalue weighted by Crippen LogP contribution is 2.03. The van der Waals surface area contributed by atoms with Gasteiger partial charge in [-0.2, -0.15) is 0 Å². The molecule has 0 amide bonds. The van der Waals surface area contributed by atoms with Gasteiger partial charge in [-0.05, 0) is 13.8 Å². The van der Waals surface area contributed by atoms with E-state index in [1.165, 1.54) is 0 Å². The number of hydrogen-bond acceptors (Lipinski definition) is 4. The van der Waals surface area contributed by atoms with Crippen molar-refractivity contribution in [3.63, 3.8) is 0 Å². The van der Waals surface area contributed by atoms with Crippen LogP contribution in [0, 0.1) is 0 Å². The molecule has 1 aromatic heterocycles. The van der Waals surface area contributed by atoms with Crippen molar-refractivity contribution in [3.05, 3.63) is 12.4 Å². The second-order valence-corrected chi connectivity index (χ2v) is 2.41. The van der Waals surface area contributed by atoms with E-state index in [0.29, 0.717) is 12.6 Å². The molecule has 5 nitrogen and oxygen atoms in total. The number of rotatable bonds is 4. The van der Waals surface area contributed by atoms with Crippen LogP contribution < -0.4 is 4.74 Å². The Morgan fingerprint density at radius 2 is 2.54 bits per heavy atom. The summed E-state index contributed by atoms with van der Waals surface area (Å²) in [4.78, 5) is 17.6. The maximum absolute atomic E-state index is 11.1. The summed E-state index contributed by atoms with van der Waals surface area (Å²) in [6, 6.07) is 0.320. The van der Waals surface area contributed by atoms with Crippen molar-refractivity contribution in [1.29, 1.82) is 0 Å². The van der Waals surface area contributed by atoms with E-state index < -0.39 is 6.10 Å². The van der Waals surface area contributed by atoms with E-state index in [1.807, 2.05) is 0 Å². The summed E-state index contributed by atoms with van der Waals surface area (Å²) in [6.45, 7) is 3.71. The number of aromatic amines is 1. The fraction of sp³-hybridized carbons (Fsp3) is 0.500. The molecule has 0 radical (unpaired) electrons. The van der Waals surface area contributed by atoms with Crippen LogP contribution in [0.5, 0.6) is 6.01 Å². The molecule has 0 saturated heterocycles. The number of H-pyrrole nitrogens is 1. The molecule has 1 unspecified atom stereocenters. The van der Waals surface area contributed by atoms with Gasteiger partial charge >= 0.3 is 5.97 Å². The van der Waals surface area contributed by atoms with Crippen molar-refractivity contribution in [2.24, 2.45) is 0 Å². The number of imidazole rings is 1. The smallest absolute Gasteiger partial charge is 0.347 e. The molecule has 0 aliphatic rings. The first-order valence-electron chi connectivity index (χ1n) is 4.06. The molecular weight excluding hydrogens is 172 g/mol. The average molecular weight is 184 g/mol. The van der Waals surface area contributed by atoms with Crippen LogP contribution in [0.25, 0.3) is 0 Å². The number of aromatic nitrogens is 2. The quantitative estimate of drug-likeness (QED) is 0.701. The van der Waals surface area contributed by atoms with Crippen molar-refractivity contribution in [2.75, 3.05) is 6.61 Å². The standard InChI is InChI=1S/C8H12N2O3/c1-3-12-7(11)6(2)13-8-9-4-5-10-8/h4-6H,3H2,1-2H3,(H,9,10). The van der Waals surface area contributed by atoms with Crippen molar-refractivity contribution in [3.8, 4) is 6.01 Å². The Morgan fingerprint density at radius 3 is 3.08 bits per heavy atom. The Hall–Kier alpha value is -1.52. The predicted molar refractivity (Wildman–Crippen MR) is 45.3 cm³/mol. The van der Waals surface area contributed by atoms with Crippen LogP contribution in [-0.4, -0.2) is 28.6 Å². The second kappa shape index (κ2) is 4.49. The van der Waals surface area contributed by atoms with Crippen LogP contribution in [0.3, 0.4) is 0 Å². The lowest BCUT2D eigenvalue weighted by molar-refractivity contribution is -0.150. The number of carbonyl (C=O) groups excluding carboxylic acids is 1. The van der Waals surface area contributed by atoms with Gasteiger partial charge in [-0.3, -0.25) is 0 Å². The van der Waals surface area contributed by atoms with E-state index in [-0.39, 0.29) is 5.97 Å². The van der Waals surface area contributed by atoms with E-state index >= 15 is 0 Å². The first-order valence-corrected chi connectivity index (χ1v) is 4.06. The van der Waals surface area contributed by atoms with Gasteiger partial charge in [-0.15, -0.1) is 0 Å². The van der Waals surface area contributed by atoms with Gasteiger partial charge in [-0.25, -0.2) is 9.78 Å². The maximum Gasteiger partial charge on any atom is 0.347 e. The van der Waals surface area contributed by atoms with Gasteiger partial charge in [0.25, 0.3) is 6.01 Å². The van der Waals surface area contributed by atoms with Crippen molar-refractivity contribution < 1.29 is 14.3 Å². The lowest BCUT2D eigenvalue weighted by Crippen LogP contribution is -2.26. The Kier molecular flexibility index (Phi) is 3.31. The van der Waals surface area contributed by atoms with Gasteiger partial charge < -0.3 is 14.5 Å². The highest BCUT2D eigenvalue weighted by molar-refractivity contribution is 5.74. The van der Waals surface area contributed by atoms with Gasteiger partial charge in [0.1, 0.15) is 0 Å². The molecule has 0 fully saturated rings. The summed E-state index contributed by atoms with van der Waals surface area (Å²) in [7, 11) is 0. The molecule has 0 bridgehead atoms. The van der Waals surface area contributed by atoms with Crippen LogP contribution in [0.1, 0.15) is 13.8 Å². The molecule has 13 heavy (non-hydrogen) atoms. The third-order valence-corrected chi connectivity index (χ3v) is 1.38. The zero-order valence-corrected chi connectivity index (χ0v) is 7.61. The Labute approximate surface area is 76.1 Å². The monoisotopic (exact) mass is 184 g/mol. The average Bonchev–Trinajstić information content (AvgIpc) is 2.57. The van der Waals surface area contributed by atoms with Gasteiger partial charge in [-0.1, -0.05) is 0 Å². The number of nitrogens with one attached hydrogen (secondary N) is 1. The number of esters is 1. The second-order valence-electron chi connectivity index (χ2n) is 2.41. The fourth-order valence-electron chi connectivity index (χ4n) is 0.790. The Balaban J connectivity index is 2.41. The summed E-state index contributed by atoms with van der Waals surface area (Å²) in [5.41, 5.74) is 0. The van der Waals surface area contributed by atoms with Gasteiger partial charge in [0.15, 0.2) is 6.10 Å². The molecule has 1 heterocycles. The highest BCUT2D eigenvalue weighted by Gasteiger charge is 2.16. The van der Waals surface area contributed by atoms with Crippen LogP contribution in [-0.2, 0) is 9.53 Å². The topological polar surface area (TPSA) is 64.2 Å². The predicted octanol–water partition coefficient (Wildman–Crippen LogP) is 0.740. The van der Waals surface area contributed by atoms with Gasteiger partial charge in [0, 0.05) is 12.4 Å². The van der Waals surface area contributed by atoms with Crippen molar-refractivity contribution in [2.45, 2.75) is 20.0 Å². The number of hydrogen-bond donors (Lipinski definition) is 1. The minimum Gasteiger partial charge on any atom is -0.463 e. The summed E-state index contributed by atoms with van der Waals surface area (Å²) < 4.78 is 9.87. The highest BCUT2D eigenvalue weighted by atomic mass is 16.6. The normalized spacial score (nSPS) is 12.2. The molecule has 72 valence electrons. The van der Waals surface area contributed by atoms with Gasteiger partial charge in [0.05, 0.1) is 6.61 Å². The Bertz CT molecular complexity index is 258. The van der Waals surface area contributed by atoms with Gasteiger partial charge in [0.2, 0.25) is 0 Å². The summed E-state index contributed by atoms with van der Waals surface area (Å²) in [5.74, 6) is -0.390. The minimum atomic E-state index is -0.633. The summed E-state index contributed by atoms with van der Waals surface area (Å²) >= 11 is 0. The third-order valence-electron chi connectivity index (χ3n) is 1.38. The molecule has 1 aromatic rings. The van der Waals surface area contributed by atoms with E-state index in [1.54, 1.807) is 26.2 Å². The first-order chi connectivity index (χ1) is 6.24. The molecule has 0 saturated carbocycles. The molecule has 1 rings (SSSR count). The molecule has 1 atom stereocenters. The van der Waals surface area contributed by atoms with E-state index in [0.717, 1.165) is 0 Å². The SMILES string of the molecule is CCOC(=O)C(C)Oc1ncc[nH]1. The molecule has 1 N–H and O–H groups in total. The van der Waals surface area contributed by atoms with Crippen LogP contribution >= 0.6 is 0 Å². The molecule has 5 heteroatoms. The summed E-state index contributed by atoms with van der Waals surface area (Å²) in [6.07, 6.45) is 2.53. The third kappa shape index (κ3) is 2.77. The lowest BCUT2D eigenvalue weighted by Gasteiger charge is -2.10. The molecule has 0 aliphatic carbocycles. The molecular formula is C8H12N2O3. The Morgan fingerprint density at radius 1 is 1.77 bits per heavy atom. The fourth-order valence-corrected chi connectivity index (χ4v) is 0.790. The van der Waals surface area contributed by atoms with E-state index in [4.69, 9.17) is 9.47 Å². The molecule has 0 aliphatic heterocycles. The van der Waals surface area contributed by atoms with Crippen LogP contribution in [0.15, 0.2) is 12.4 Å². The van der Waals surface area contributed by atoms with E-state index in [2.05, 4.69) is 9.97 Å². The molecule has 0 aromatic carbocycles.